The monoisotopic (exact) mass is 265 g/mol. The molecule has 2 unspecified atom stereocenters. The van der Waals surface area contributed by atoms with Crippen LogP contribution in [-0.4, -0.2) is 56.9 Å². The Labute approximate surface area is 103 Å². The number of hydrogen-bond donors (Lipinski definition) is 2. The Morgan fingerprint density at radius 1 is 1.53 bits per heavy atom. The second-order valence-corrected chi connectivity index (χ2v) is 6.63. The number of rotatable bonds is 8. The Morgan fingerprint density at radius 3 is 2.82 bits per heavy atom. The van der Waals surface area contributed by atoms with Gasteiger partial charge in [-0.2, -0.15) is 0 Å². The highest BCUT2D eigenvalue weighted by molar-refractivity contribution is 7.91. The van der Waals surface area contributed by atoms with Gasteiger partial charge in [-0.25, -0.2) is 8.42 Å². The van der Waals surface area contributed by atoms with Gasteiger partial charge in [0.1, 0.15) is 0 Å². The maximum Gasteiger partial charge on any atom is 0.154 e. The van der Waals surface area contributed by atoms with Crippen LogP contribution in [0.3, 0.4) is 0 Å². The third kappa shape index (κ3) is 5.81. The number of aliphatic hydroxyl groups excluding tert-OH is 1. The van der Waals surface area contributed by atoms with Crippen molar-refractivity contribution in [2.75, 3.05) is 31.3 Å². The fourth-order valence-electron chi connectivity index (χ4n) is 2.12. The van der Waals surface area contributed by atoms with Crippen LogP contribution in [0.15, 0.2) is 0 Å². The summed E-state index contributed by atoms with van der Waals surface area (Å²) in [7, 11) is -3.11. The Hall–Kier alpha value is -0.170. The molecule has 102 valence electrons. The van der Waals surface area contributed by atoms with Crippen molar-refractivity contribution in [2.45, 2.75) is 38.3 Å². The van der Waals surface area contributed by atoms with Gasteiger partial charge in [0.05, 0.1) is 17.6 Å². The Kier molecular flexibility index (Phi) is 6.40. The van der Waals surface area contributed by atoms with E-state index in [1.54, 1.807) is 0 Å². The minimum absolute atomic E-state index is 0.00706. The van der Waals surface area contributed by atoms with Crippen molar-refractivity contribution in [2.24, 2.45) is 0 Å². The molecule has 1 saturated heterocycles. The number of aliphatic hydroxyl groups is 1. The van der Waals surface area contributed by atoms with Gasteiger partial charge in [-0.15, -0.1) is 0 Å². The van der Waals surface area contributed by atoms with Crippen molar-refractivity contribution in [1.82, 2.24) is 5.32 Å². The third-order valence-electron chi connectivity index (χ3n) is 2.89. The molecule has 6 heteroatoms. The smallest absolute Gasteiger partial charge is 0.154 e. The lowest BCUT2D eigenvalue weighted by molar-refractivity contribution is 0.127. The second-order valence-electron chi connectivity index (χ2n) is 4.48. The van der Waals surface area contributed by atoms with E-state index in [4.69, 9.17) is 9.84 Å². The van der Waals surface area contributed by atoms with E-state index in [-0.39, 0.29) is 30.3 Å². The van der Waals surface area contributed by atoms with Crippen molar-refractivity contribution >= 4 is 9.84 Å². The van der Waals surface area contributed by atoms with Crippen LogP contribution in [0.1, 0.15) is 26.2 Å². The maximum absolute atomic E-state index is 11.9. The van der Waals surface area contributed by atoms with E-state index >= 15 is 0 Å². The lowest BCUT2D eigenvalue weighted by Gasteiger charge is -2.18. The minimum Gasteiger partial charge on any atom is -0.396 e. The average molecular weight is 265 g/mol. The summed E-state index contributed by atoms with van der Waals surface area (Å²) in [4.78, 5) is 0. The molecule has 0 radical (unpaired) electrons. The summed E-state index contributed by atoms with van der Waals surface area (Å²) in [6.45, 7) is 3.32. The highest BCUT2D eigenvalue weighted by Gasteiger charge is 2.25. The van der Waals surface area contributed by atoms with Crippen LogP contribution in [0.25, 0.3) is 0 Å². The van der Waals surface area contributed by atoms with Crippen LogP contribution >= 0.6 is 0 Å². The Morgan fingerprint density at radius 2 is 2.29 bits per heavy atom. The van der Waals surface area contributed by atoms with Crippen molar-refractivity contribution < 1.29 is 18.3 Å². The molecule has 1 fully saturated rings. The SMILES string of the molecule is CCNC(CCO)CS(=O)(=O)CC1CCCO1. The van der Waals surface area contributed by atoms with Gasteiger partial charge in [0.15, 0.2) is 9.84 Å². The number of hydrogen-bond acceptors (Lipinski definition) is 5. The number of sulfone groups is 1. The molecule has 1 aliphatic heterocycles. The highest BCUT2D eigenvalue weighted by atomic mass is 32.2. The fourth-order valence-corrected chi connectivity index (χ4v) is 3.99. The van der Waals surface area contributed by atoms with Gasteiger partial charge in [0.25, 0.3) is 0 Å². The van der Waals surface area contributed by atoms with Crippen LogP contribution < -0.4 is 5.32 Å². The molecule has 0 spiro atoms. The Bertz CT molecular complexity index is 293. The molecule has 5 nitrogen and oxygen atoms in total. The zero-order valence-electron chi connectivity index (χ0n) is 10.4. The largest absolute Gasteiger partial charge is 0.396 e. The molecule has 0 amide bonds. The quantitative estimate of drug-likeness (QED) is 0.643. The van der Waals surface area contributed by atoms with E-state index in [0.717, 1.165) is 12.8 Å². The molecular formula is C11H23NO4S. The summed E-state index contributed by atoms with van der Waals surface area (Å²) >= 11 is 0. The normalized spacial score (nSPS) is 22.8. The van der Waals surface area contributed by atoms with Crippen LogP contribution in [-0.2, 0) is 14.6 Å². The standard InChI is InChI=1S/C11H23NO4S/c1-2-12-10(5-6-13)8-17(14,15)9-11-4-3-7-16-11/h10-13H,2-9H2,1H3. The zero-order valence-corrected chi connectivity index (χ0v) is 11.2. The molecule has 1 rings (SSSR count). The first-order valence-electron chi connectivity index (χ1n) is 6.23. The third-order valence-corrected chi connectivity index (χ3v) is 4.68. The summed E-state index contributed by atoms with van der Waals surface area (Å²) in [5.74, 6) is 0.196. The van der Waals surface area contributed by atoms with Crippen LogP contribution in [0, 0.1) is 0 Å². The first-order chi connectivity index (χ1) is 8.07. The molecule has 1 aliphatic rings. The molecule has 0 aromatic heterocycles. The number of nitrogens with one attached hydrogen (secondary N) is 1. The maximum atomic E-state index is 11.9. The average Bonchev–Trinajstić information content (AvgIpc) is 2.69. The van der Waals surface area contributed by atoms with E-state index in [2.05, 4.69) is 5.32 Å². The second kappa shape index (κ2) is 7.31. The molecule has 2 N–H and O–H groups in total. The molecular weight excluding hydrogens is 242 g/mol. The lowest BCUT2D eigenvalue weighted by Crippen LogP contribution is -2.38. The summed E-state index contributed by atoms with van der Waals surface area (Å²) in [5.41, 5.74) is 0. The topological polar surface area (TPSA) is 75.6 Å². The van der Waals surface area contributed by atoms with Crippen molar-refractivity contribution in [3.63, 3.8) is 0 Å². The predicted molar refractivity (Wildman–Crippen MR) is 66.8 cm³/mol. The highest BCUT2D eigenvalue weighted by Crippen LogP contribution is 2.15. The van der Waals surface area contributed by atoms with Gasteiger partial charge in [0, 0.05) is 19.3 Å². The molecule has 17 heavy (non-hydrogen) atoms. The zero-order chi connectivity index (χ0) is 12.7. The molecule has 0 saturated carbocycles. The Balaban J connectivity index is 2.44. The van der Waals surface area contributed by atoms with Crippen LogP contribution in [0.5, 0.6) is 0 Å². The van der Waals surface area contributed by atoms with Gasteiger partial charge in [-0.05, 0) is 25.8 Å². The lowest BCUT2D eigenvalue weighted by atomic mass is 10.2. The van der Waals surface area contributed by atoms with Gasteiger partial charge in [0.2, 0.25) is 0 Å². The molecule has 1 heterocycles. The summed E-state index contributed by atoms with van der Waals surface area (Å²) in [5, 5.41) is 12.0. The molecule has 0 aromatic rings. The van der Waals surface area contributed by atoms with Gasteiger partial charge >= 0.3 is 0 Å². The van der Waals surface area contributed by atoms with Crippen LogP contribution in [0.4, 0.5) is 0 Å². The molecule has 2 atom stereocenters. The van der Waals surface area contributed by atoms with Crippen molar-refractivity contribution in [1.29, 1.82) is 0 Å². The van der Waals surface area contributed by atoms with Gasteiger partial charge in [-0.3, -0.25) is 0 Å². The molecule has 0 aromatic carbocycles. The predicted octanol–water partition coefficient (Wildman–Crippen LogP) is -0.0593. The fraction of sp³-hybridized carbons (Fsp3) is 1.00. The van der Waals surface area contributed by atoms with E-state index < -0.39 is 9.84 Å². The molecule has 0 aliphatic carbocycles. The van der Waals surface area contributed by atoms with Gasteiger partial charge < -0.3 is 15.2 Å². The van der Waals surface area contributed by atoms with Gasteiger partial charge in [-0.1, -0.05) is 6.92 Å². The summed E-state index contributed by atoms with van der Waals surface area (Å²) in [6.07, 6.45) is 2.13. The molecule has 0 bridgehead atoms. The van der Waals surface area contributed by atoms with E-state index in [1.165, 1.54) is 0 Å². The van der Waals surface area contributed by atoms with Crippen molar-refractivity contribution in [3.8, 4) is 0 Å². The minimum atomic E-state index is -3.11. The van der Waals surface area contributed by atoms with Crippen molar-refractivity contribution in [3.05, 3.63) is 0 Å². The van der Waals surface area contributed by atoms with E-state index in [0.29, 0.717) is 19.6 Å². The first kappa shape index (κ1) is 14.9. The van der Waals surface area contributed by atoms with E-state index in [1.807, 2.05) is 6.92 Å². The van der Waals surface area contributed by atoms with Crippen LogP contribution in [0.2, 0.25) is 0 Å². The summed E-state index contributed by atoms with van der Waals surface area (Å²) in [6, 6.07) is -0.156. The summed E-state index contributed by atoms with van der Waals surface area (Å²) < 4.78 is 29.2. The van der Waals surface area contributed by atoms with E-state index in [9.17, 15) is 8.42 Å². The first-order valence-corrected chi connectivity index (χ1v) is 8.05. The number of ether oxygens (including phenoxy) is 1.